The number of hydrogen-bond acceptors (Lipinski definition) is 4. The fourth-order valence-corrected chi connectivity index (χ4v) is 9.01. The maximum absolute atomic E-state index is 7.14. The summed E-state index contributed by atoms with van der Waals surface area (Å²) in [4.78, 5) is 14.8. The van der Waals surface area contributed by atoms with E-state index in [0.29, 0.717) is 17.5 Å². The Morgan fingerprint density at radius 2 is 0.965 bits per heavy atom. The van der Waals surface area contributed by atoms with E-state index >= 15 is 0 Å². The quantitative estimate of drug-likeness (QED) is 0.177. The third-order valence-electron chi connectivity index (χ3n) is 11.5. The smallest absolute Gasteiger partial charge is 0.164 e. The molecule has 0 saturated heterocycles. The highest BCUT2D eigenvalue weighted by Crippen LogP contribution is 2.52. The summed E-state index contributed by atoms with van der Waals surface area (Å²) in [7, 11) is 0. The molecule has 11 aromatic rings. The van der Waals surface area contributed by atoms with Gasteiger partial charge in [0.05, 0.1) is 16.4 Å². The van der Waals surface area contributed by atoms with Gasteiger partial charge in [-0.3, -0.25) is 0 Å². The van der Waals surface area contributed by atoms with Gasteiger partial charge in [0.2, 0.25) is 0 Å². The van der Waals surface area contributed by atoms with Crippen LogP contribution >= 0.6 is 0 Å². The molecule has 0 aliphatic heterocycles. The van der Waals surface area contributed by atoms with Gasteiger partial charge in [-0.1, -0.05) is 146 Å². The molecule has 12 rings (SSSR count). The molecule has 3 aromatic heterocycles. The summed E-state index contributed by atoms with van der Waals surface area (Å²) in [5.41, 5.74) is 14.3. The van der Waals surface area contributed by atoms with E-state index in [-0.39, 0.29) is 5.92 Å². The fourth-order valence-electron chi connectivity index (χ4n) is 9.01. The minimum absolute atomic E-state index is 0.160. The molecule has 5 heteroatoms. The largest absolute Gasteiger partial charge is 0.455 e. The summed E-state index contributed by atoms with van der Waals surface area (Å²) in [5, 5.41) is 4.52. The lowest BCUT2D eigenvalue weighted by atomic mass is 9.89. The molecule has 0 bridgehead atoms. The summed E-state index contributed by atoms with van der Waals surface area (Å²) in [6, 6.07) is 66.0. The number of aromatic nitrogens is 4. The molecule has 0 fully saturated rings. The van der Waals surface area contributed by atoms with Crippen molar-refractivity contribution in [3.05, 3.63) is 205 Å². The Morgan fingerprint density at radius 1 is 0.404 bits per heavy atom. The predicted octanol–water partition coefficient (Wildman–Crippen LogP) is 13.0. The van der Waals surface area contributed by atoms with Gasteiger partial charge in [-0.2, -0.15) is 0 Å². The molecule has 0 spiro atoms. The highest BCUT2D eigenvalue weighted by Gasteiger charge is 2.33. The van der Waals surface area contributed by atoms with Crippen LogP contribution in [0.3, 0.4) is 0 Å². The lowest BCUT2D eigenvalue weighted by Gasteiger charge is -2.14. The van der Waals surface area contributed by atoms with Crippen molar-refractivity contribution in [3.63, 3.8) is 0 Å². The maximum Gasteiger partial charge on any atom is 0.164 e. The fraction of sp³-hybridized carbons (Fsp3) is 0.0192. The van der Waals surface area contributed by atoms with E-state index in [0.717, 1.165) is 66.1 Å². The van der Waals surface area contributed by atoms with Crippen LogP contribution in [0.15, 0.2) is 192 Å². The van der Waals surface area contributed by atoms with Crippen LogP contribution in [0, 0.1) is 0 Å². The highest BCUT2D eigenvalue weighted by molar-refractivity contribution is 6.25. The first-order chi connectivity index (χ1) is 28.3. The van der Waals surface area contributed by atoms with Crippen LogP contribution < -0.4 is 0 Å². The zero-order valence-electron chi connectivity index (χ0n) is 30.7. The van der Waals surface area contributed by atoms with E-state index in [1.54, 1.807) is 0 Å². The van der Waals surface area contributed by atoms with Crippen LogP contribution in [-0.4, -0.2) is 19.5 Å². The highest BCUT2D eigenvalue weighted by atomic mass is 16.3. The van der Waals surface area contributed by atoms with Crippen LogP contribution in [0.1, 0.15) is 22.6 Å². The van der Waals surface area contributed by atoms with E-state index in [1.807, 2.05) is 60.7 Å². The van der Waals surface area contributed by atoms with E-state index in [9.17, 15) is 0 Å². The van der Waals surface area contributed by atoms with Crippen molar-refractivity contribution < 1.29 is 4.42 Å². The molecule has 0 N–H and O–H groups in total. The molecule has 3 heterocycles. The number of benzene rings is 8. The van der Waals surface area contributed by atoms with Gasteiger partial charge in [-0.25, -0.2) is 15.0 Å². The maximum atomic E-state index is 7.14. The first-order valence-electron chi connectivity index (χ1n) is 19.3. The Kier molecular flexibility index (Phi) is 6.92. The Bertz CT molecular complexity index is 3270. The normalized spacial score (nSPS) is 13.4. The molecule has 266 valence electrons. The number of fused-ring (bicyclic) bond motifs is 11. The van der Waals surface area contributed by atoms with Crippen LogP contribution in [0.25, 0.3) is 94.7 Å². The molecule has 0 amide bonds. The van der Waals surface area contributed by atoms with E-state index in [2.05, 4.69) is 132 Å². The third-order valence-corrected chi connectivity index (χ3v) is 11.5. The molecule has 1 aliphatic rings. The van der Waals surface area contributed by atoms with E-state index in [4.69, 9.17) is 19.4 Å². The van der Waals surface area contributed by atoms with Crippen LogP contribution in [0.2, 0.25) is 0 Å². The number of nitrogens with zero attached hydrogens (tertiary/aromatic N) is 4. The topological polar surface area (TPSA) is 56.7 Å². The summed E-state index contributed by atoms with van der Waals surface area (Å²) in [6.07, 6.45) is 0. The second-order valence-corrected chi connectivity index (χ2v) is 14.7. The first kappa shape index (κ1) is 31.7. The van der Waals surface area contributed by atoms with Crippen molar-refractivity contribution in [1.82, 2.24) is 19.5 Å². The van der Waals surface area contributed by atoms with Crippen LogP contribution in [0.5, 0.6) is 0 Å². The molecular formula is C52H32N4O. The summed E-state index contributed by atoms with van der Waals surface area (Å²) < 4.78 is 9.48. The second kappa shape index (κ2) is 12.4. The second-order valence-electron chi connectivity index (χ2n) is 14.7. The van der Waals surface area contributed by atoms with E-state index in [1.165, 1.54) is 27.8 Å². The number of hydrogen-bond donors (Lipinski definition) is 0. The Hall–Kier alpha value is -7.63. The molecule has 8 aromatic carbocycles. The van der Waals surface area contributed by atoms with Crippen LogP contribution in [0.4, 0.5) is 0 Å². The summed E-state index contributed by atoms with van der Waals surface area (Å²) >= 11 is 0. The lowest BCUT2D eigenvalue weighted by Crippen LogP contribution is -2.00. The summed E-state index contributed by atoms with van der Waals surface area (Å²) in [6.45, 7) is 0. The van der Waals surface area contributed by atoms with Crippen molar-refractivity contribution in [2.24, 2.45) is 0 Å². The van der Waals surface area contributed by atoms with Gasteiger partial charge in [0.1, 0.15) is 11.2 Å². The molecule has 1 aliphatic carbocycles. The zero-order valence-corrected chi connectivity index (χ0v) is 30.7. The van der Waals surface area contributed by atoms with Gasteiger partial charge in [0, 0.05) is 50.0 Å². The van der Waals surface area contributed by atoms with Gasteiger partial charge in [-0.15, -0.1) is 0 Å². The van der Waals surface area contributed by atoms with Gasteiger partial charge in [0.25, 0.3) is 0 Å². The monoisotopic (exact) mass is 728 g/mol. The Labute approximate surface area is 328 Å². The number of furan rings is 1. The Balaban J connectivity index is 1.02. The van der Waals surface area contributed by atoms with Crippen molar-refractivity contribution in [2.45, 2.75) is 5.92 Å². The SMILES string of the molecule is c1ccc(-c2nc(-c3ccccc3)nc(-c3ccc(-n4c5ccccc5c5c6oc7c8c(ccc7c6ccc54)C(c4ccccc4)c4ccccc4-8)cc3)n2)cc1. The van der Waals surface area contributed by atoms with Gasteiger partial charge >= 0.3 is 0 Å². The predicted molar refractivity (Wildman–Crippen MR) is 231 cm³/mol. The van der Waals surface area contributed by atoms with Gasteiger partial charge in [0.15, 0.2) is 17.5 Å². The average molecular weight is 729 g/mol. The van der Waals surface area contributed by atoms with Crippen LogP contribution in [-0.2, 0) is 0 Å². The molecule has 1 unspecified atom stereocenters. The van der Waals surface area contributed by atoms with Crippen molar-refractivity contribution in [2.75, 3.05) is 0 Å². The number of rotatable bonds is 5. The minimum atomic E-state index is 0.160. The molecule has 0 saturated carbocycles. The molecular weight excluding hydrogens is 697 g/mol. The summed E-state index contributed by atoms with van der Waals surface area (Å²) in [5.74, 6) is 2.08. The standard InChI is InChI=1S/C52H32N4O/c1-4-14-32(15-5-1)45-37-20-10-11-21-38(37)46-42(45)29-28-39-40-30-31-44-47(49(40)57-48(39)46)41-22-12-13-23-43(41)56(44)36-26-24-35(25-27-36)52-54-50(33-16-6-2-7-17-33)53-51(55-52)34-18-8-3-9-19-34/h1-31,45H. The van der Waals surface area contributed by atoms with Crippen molar-refractivity contribution in [1.29, 1.82) is 0 Å². The van der Waals surface area contributed by atoms with Crippen molar-refractivity contribution in [3.8, 4) is 51.0 Å². The Morgan fingerprint density at radius 3 is 1.67 bits per heavy atom. The van der Waals surface area contributed by atoms with Gasteiger partial charge in [-0.05, 0) is 64.7 Å². The number of para-hydroxylation sites is 1. The minimum Gasteiger partial charge on any atom is -0.455 e. The van der Waals surface area contributed by atoms with Gasteiger partial charge < -0.3 is 8.98 Å². The molecule has 5 nitrogen and oxygen atoms in total. The molecule has 1 atom stereocenters. The first-order valence-corrected chi connectivity index (χ1v) is 19.3. The lowest BCUT2D eigenvalue weighted by molar-refractivity contribution is 0.673. The molecule has 0 radical (unpaired) electrons. The average Bonchev–Trinajstić information content (AvgIpc) is 3.95. The zero-order chi connectivity index (χ0) is 37.5. The molecule has 57 heavy (non-hydrogen) atoms. The van der Waals surface area contributed by atoms with E-state index < -0.39 is 0 Å². The van der Waals surface area contributed by atoms with Crippen molar-refractivity contribution >= 4 is 43.7 Å². The third kappa shape index (κ3) is 4.85.